The number of hydrogen-bond donors (Lipinski definition) is 5. The Bertz CT molecular complexity index is 725. The number of rotatable bonds is 5. The minimum Gasteiger partial charge on any atom is -0.394 e. The van der Waals surface area contributed by atoms with Gasteiger partial charge in [0.05, 0.1) is 6.61 Å². The van der Waals surface area contributed by atoms with Gasteiger partial charge in [0.1, 0.15) is 12.2 Å². The van der Waals surface area contributed by atoms with Gasteiger partial charge >= 0.3 is 13.5 Å². The summed E-state index contributed by atoms with van der Waals surface area (Å²) in [5, 5.41) is 19.6. The van der Waals surface area contributed by atoms with Gasteiger partial charge in [-0.2, -0.15) is 0 Å². The molecule has 0 unspecified atom stereocenters. The van der Waals surface area contributed by atoms with E-state index in [0.29, 0.717) is 4.57 Å². The van der Waals surface area contributed by atoms with Gasteiger partial charge in [-0.05, 0) is 0 Å². The van der Waals surface area contributed by atoms with E-state index >= 15 is 0 Å². The number of aromatic amines is 1. The van der Waals surface area contributed by atoms with Crippen LogP contribution in [0, 0.1) is 0 Å². The molecule has 2 rings (SSSR count). The molecular weight excluding hydrogens is 339 g/mol. The highest BCUT2D eigenvalue weighted by molar-refractivity contribution is 7.46. The Morgan fingerprint density at radius 3 is 2.61 bits per heavy atom. The molecule has 1 fully saturated rings. The third-order valence-electron chi connectivity index (χ3n) is 3.26. The molecule has 130 valence electrons. The molecule has 13 heteroatoms. The minimum absolute atomic E-state index is 0.671. The van der Waals surface area contributed by atoms with Gasteiger partial charge in [0.25, 0.3) is 11.5 Å². The number of methoxy groups -OCH3 is 1. The third kappa shape index (κ3) is 3.29. The van der Waals surface area contributed by atoms with Crippen molar-refractivity contribution < 1.29 is 38.6 Å². The standard InChI is InChI=1S/C10H15N2O10P/c1-20-10(12-3-2-6(14)11-9(12)16)8(15)7(5(4-13)21-10)22-23(17,18)19/h2-3,5,7-8,13,15H,4H2,1H3,(H,11,14,16)(H2,17,18,19)/t5-,7-,8-,10-/m1/s1. The number of nitrogens with zero attached hydrogens (tertiary/aromatic N) is 1. The lowest BCUT2D eigenvalue weighted by Gasteiger charge is -2.31. The lowest BCUT2D eigenvalue weighted by Crippen LogP contribution is -2.52. The fourth-order valence-electron chi connectivity index (χ4n) is 2.32. The van der Waals surface area contributed by atoms with Crippen LogP contribution in [0.2, 0.25) is 0 Å². The quantitative estimate of drug-likeness (QED) is 0.342. The molecule has 1 aliphatic heterocycles. The Morgan fingerprint density at radius 1 is 1.48 bits per heavy atom. The van der Waals surface area contributed by atoms with Crippen molar-refractivity contribution in [2.45, 2.75) is 24.2 Å². The first-order chi connectivity index (χ1) is 10.6. The van der Waals surface area contributed by atoms with E-state index in [4.69, 9.17) is 19.3 Å². The average molecular weight is 354 g/mol. The zero-order valence-electron chi connectivity index (χ0n) is 11.7. The molecular formula is C10H15N2O10P. The zero-order valence-corrected chi connectivity index (χ0v) is 12.6. The first-order valence-electron chi connectivity index (χ1n) is 6.23. The van der Waals surface area contributed by atoms with Gasteiger partial charge < -0.3 is 29.5 Å². The van der Waals surface area contributed by atoms with Crippen LogP contribution < -0.4 is 11.2 Å². The van der Waals surface area contributed by atoms with Crippen LogP contribution in [0.4, 0.5) is 0 Å². The second-order valence-corrected chi connectivity index (χ2v) is 5.85. The number of hydrogen-bond acceptors (Lipinski definition) is 8. The molecule has 0 amide bonds. The van der Waals surface area contributed by atoms with Crippen LogP contribution in [0.25, 0.3) is 0 Å². The van der Waals surface area contributed by atoms with E-state index in [1.165, 1.54) is 0 Å². The summed E-state index contributed by atoms with van der Waals surface area (Å²) in [6.07, 6.45) is -4.04. The third-order valence-corrected chi connectivity index (χ3v) is 3.78. The summed E-state index contributed by atoms with van der Waals surface area (Å²) >= 11 is 0. The van der Waals surface area contributed by atoms with Gasteiger partial charge in [-0.25, -0.2) is 13.9 Å². The van der Waals surface area contributed by atoms with Crippen molar-refractivity contribution in [1.29, 1.82) is 0 Å². The number of nitrogens with one attached hydrogen (secondary N) is 1. The largest absolute Gasteiger partial charge is 0.470 e. The SMILES string of the molecule is CO[C@@]1(n2ccc(=O)[nH]c2=O)O[C@H](CO)[C@@H](OP(=O)(O)O)[C@H]1O. The summed E-state index contributed by atoms with van der Waals surface area (Å²) in [4.78, 5) is 42.7. The first-order valence-corrected chi connectivity index (χ1v) is 7.76. The Hall–Kier alpha value is -1.37. The van der Waals surface area contributed by atoms with Crippen molar-refractivity contribution in [1.82, 2.24) is 9.55 Å². The highest BCUT2D eigenvalue weighted by atomic mass is 31.2. The van der Waals surface area contributed by atoms with E-state index in [9.17, 15) is 24.4 Å². The summed E-state index contributed by atoms with van der Waals surface area (Å²) in [6.45, 7) is -0.787. The average Bonchev–Trinajstić information content (AvgIpc) is 2.71. The predicted octanol–water partition coefficient (Wildman–Crippen LogP) is -2.98. The maximum Gasteiger partial charge on any atom is 0.470 e. The molecule has 5 N–H and O–H groups in total. The van der Waals surface area contributed by atoms with Crippen molar-refractivity contribution in [3.63, 3.8) is 0 Å². The maximum absolute atomic E-state index is 11.9. The number of aliphatic hydroxyl groups is 2. The summed E-state index contributed by atoms with van der Waals surface area (Å²) in [7, 11) is -3.98. The fraction of sp³-hybridized carbons (Fsp3) is 0.600. The molecule has 0 aromatic carbocycles. The molecule has 1 aromatic heterocycles. The van der Waals surface area contributed by atoms with Gasteiger partial charge in [0, 0.05) is 19.4 Å². The van der Waals surface area contributed by atoms with Crippen LogP contribution in [-0.4, -0.2) is 61.6 Å². The van der Waals surface area contributed by atoms with Crippen LogP contribution in [0.3, 0.4) is 0 Å². The molecule has 1 saturated heterocycles. The van der Waals surface area contributed by atoms with E-state index in [1.807, 2.05) is 4.98 Å². The van der Waals surface area contributed by atoms with Crippen LogP contribution in [-0.2, 0) is 24.5 Å². The van der Waals surface area contributed by atoms with E-state index in [1.54, 1.807) is 0 Å². The van der Waals surface area contributed by atoms with Crippen LogP contribution in [0.1, 0.15) is 0 Å². The van der Waals surface area contributed by atoms with Gasteiger partial charge in [0.15, 0.2) is 6.10 Å². The monoisotopic (exact) mass is 354 g/mol. The molecule has 0 radical (unpaired) electrons. The summed E-state index contributed by atoms with van der Waals surface area (Å²) in [6, 6.07) is 0.948. The summed E-state index contributed by atoms with van der Waals surface area (Å²) in [5.41, 5.74) is -1.72. The Morgan fingerprint density at radius 2 is 2.13 bits per heavy atom. The van der Waals surface area contributed by atoms with Crippen LogP contribution in [0.5, 0.6) is 0 Å². The highest BCUT2D eigenvalue weighted by Crippen LogP contribution is 2.45. The van der Waals surface area contributed by atoms with Gasteiger partial charge in [0.2, 0.25) is 0 Å². The normalized spacial score (nSPS) is 31.4. The van der Waals surface area contributed by atoms with Gasteiger partial charge in [-0.1, -0.05) is 0 Å². The van der Waals surface area contributed by atoms with Crippen molar-refractivity contribution in [3.8, 4) is 0 Å². The molecule has 23 heavy (non-hydrogen) atoms. The minimum atomic E-state index is -5.03. The summed E-state index contributed by atoms with van der Waals surface area (Å²) in [5.74, 6) is -2.26. The first kappa shape index (κ1) is 18.0. The zero-order chi connectivity index (χ0) is 17.4. The molecule has 1 aliphatic rings. The number of phosphoric ester groups is 1. The Kier molecular flexibility index (Phi) is 4.89. The van der Waals surface area contributed by atoms with Crippen LogP contribution in [0.15, 0.2) is 21.9 Å². The van der Waals surface area contributed by atoms with Crippen molar-refractivity contribution in [2.75, 3.05) is 13.7 Å². The molecule has 0 aliphatic carbocycles. The Labute approximate surface area is 128 Å². The van der Waals surface area contributed by atoms with E-state index in [-0.39, 0.29) is 0 Å². The molecule has 12 nitrogen and oxygen atoms in total. The molecule has 2 heterocycles. The molecule has 4 atom stereocenters. The molecule has 0 saturated carbocycles. The van der Waals surface area contributed by atoms with Crippen molar-refractivity contribution in [2.24, 2.45) is 0 Å². The number of aliphatic hydroxyl groups excluding tert-OH is 2. The van der Waals surface area contributed by atoms with E-state index in [2.05, 4.69) is 4.52 Å². The van der Waals surface area contributed by atoms with Crippen LogP contribution >= 0.6 is 7.82 Å². The number of H-pyrrole nitrogens is 1. The predicted molar refractivity (Wildman–Crippen MR) is 71.2 cm³/mol. The molecule has 1 aromatic rings. The Balaban J connectivity index is 2.52. The highest BCUT2D eigenvalue weighted by Gasteiger charge is 2.59. The van der Waals surface area contributed by atoms with Crippen molar-refractivity contribution >= 4 is 7.82 Å². The van der Waals surface area contributed by atoms with Crippen molar-refractivity contribution in [3.05, 3.63) is 33.1 Å². The topological polar surface area (TPSA) is 181 Å². The van der Waals surface area contributed by atoms with Gasteiger partial charge in [-0.15, -0.1) is 0 Å². The number of ether oxygens (including phenoxy) is 2. The van der Waals surface area contributed by atoms with E-state index in [0.717, 1.165) is 19.4 Å². The molecule has 0 bridgehead atoms. The smallest absolute Gasteiger partial charge is 0.394 e. The van der Waals surface area contributed by atoms with Gasteiger partial charge in [-0.3, -0.25) is 14.3 Å². The lowest BCUT2D eigenvalue weighted by molar-refractivity contribution is -0.306. The lowest BCUT2D eigenvalue weighted by atomic mass is 10.1. The maximum atomic E-state index is 11.9. The second-order valence-electron chi connectivity index (χ2n) is 4.66. The summed E-state index contributed by atoms with van der Waals surface area (Å²) < 4.78 is 26.4. The molecule has 0 spiro atoms. The number of aromatic nitrogens is 2. The number of phosphoric acid groups is 1. The second kappa shape index (κ2) is 6.26. The fourth-order valence-corrected chi connectivity index (χ4v) is 2.89. The van der Waals surface area contributed by atoms with E-state index < -0.39 is 49.9 Å².